The van der Waals surface area contributed by atoms with Crippen molar-refractivity contribution in [3.8, 4) is 0 Å². The molecule has 0 saturated heterocycles. The highest BCUT2D eigenvalue weighted by molar-refractivity contribution is 5.01. The summed E-state index contributed by atoms with van der Waals surface area (Å²) in [6.07, 6.45) is -0.0347. The molecule has 0 heterocycles. The Bertz CT molecular complexity index is 114. The van der Waals surface area contributed by atoms with Gasteiger partial charge in [0.1, 0.15) is 0 Å². The van der Waals surface area contributed by atoms with Crippen molar-refractivity contribution >= 4 is 0 Å². The van der Waals surface area contributed by atoms with E-state index in [1.54, 1.807) is 7.05 Å². The third-order valence-electron chi connectivity index (χ3n) is 1.90. The van der Waals surface area contributed by atoms with E-state index in [0.717, 1.165) is 0 Å². The molecule has 9 heavy (non-hydrogen) atoms. The van der Waals surface area contributed by atoms with Gasteiger partial charge in [-0.1, -0.05) is 0 Å². The normalized spacial score (nSPS) is 29.3. The monoisotopic (exact) mass is 135 g/mol. The molecule has 1 N–H and O–H groups in total. The standard InChI is InChI=1S/C6H11F2N/c1-5(9-2)3-6(7,8)4-5/h9H,3-4H2,1-2H3. The molecule has 54 valence electrons. The van der Waals surface area contributed by atoms with Crippen LogP contribution < -0.4 is 5.32 Å². The molecule has 0 spiro atoms. The Kier molecular flexibility index (Phi) is 1.28. The van der Waals surface area contributed by atoms with Gasteiger partial charge in [0, 0.05) is 18.4 Å². The molecule has 1 aliphatic carbocycles. The van der Waals surface area contributed by atoms with Gasteiger partial charge in [0.15, 0.2) is 0 Å². The van der Waals surface area contributed by atoms with Crippen LogP contribution in [0.1, 0.15) is 19.8 Å². The first kappa shape index (κ1) is 6.93. The molecule has 1 saturated carbocycles. The summed E-state index contributed by atoms with van der Waals surface area (Å²) in [5.74, 6) is -2.41. The summed E-state index contributed by atoms with van der Waals surface area (Å²) in [6, 6.07) is 0. The first-order chi connectivity index (χ1) is 3.97. The summed E-state index contributed by atoms with van der Waals surface area (Å²) in [4.78, 5) is 0. The van der Waals surface area contributed by atoms with E-state index in [2.05, 4.69) is 5.32 Å². The van der Waals surface area contributed by atoms with E-state index in [1.807, 2.05) is 6.92 Å². The van der Waals surface area contributed by atoms with Crippen molar-refractivity contribution < 1.29 is 8.78 Å². The molecule has 1 aliphatic rings. The van der Waals surface area contributed by atoms with Crippen LogP contribution in [-0.2, 0) is 0 Å². The summed E-state index contributed by atoms with van der Waals surface area (Å²) >= 11 is 0. The Labute approximate surface area is 53.4 Å². The fourth-order valence-electron chi connectivity index (χ4n) is 1.27. The van der Waals surface area contributed by atoms with Gasteiger partial charge in [-0.2, -0.15) is 0 Å². The Balaban J connectivity index is 2.41. The molecule has 0 aromatic carbocycles. The van der Waals surface area contributed by atoms with Crippen molar-refractivity contribution in [3.63, 3.8) is 0 Å². The highest BCUT2D eigenvalue weighted by atomic mass is 19.3. The molecule has 0 aromatic rings. The number of rotatable bonds is 1. The second kappa shape index (κ2) is 1.66. The van der Waals surface area contributed by atoms with Gasteiger partial charge in [-0.15, -0.1) is 0 Å². The molecule has 3 heteroatoms. The molecular weight excluding hydrogens is 124 g/mol. The lowest BCUT2D eigenvalue weighted by Gasteiger charge is -2.44. The molecule has 1 fully saturated rings. The molecule has 1 rings (SSSR count). The molecule has 0 radical (unpaired) electrons. The molecule has 0 aromatic heterocycles. The van der Waals surface area contributed by atoms with E-state index in [1.165, 1.54) is 0 Å². The summed E-state index contributed by atoms with van der Waals surface area (Å²) in [5, 5.41) is 2.85. The summed E-state index contributed by atoms with van der Waals surface area (Å²) in [6.45, 7) is 1.81. The van der Waals surface area contributed by atoms with E-state index >= 15 is 0 Å². The molecule has 0 amide bonds. The van der Waals surface area contributed by atoms with E-state index < -0.39 is 5.92 Å². The van der Waals surface area contributed by atoms with Gasteiger partial charge in [-0.05, 0) is 14.0 Å². The predicted octanol–water partition coefficient (Wildman–Crippen LogP) is 1.39. The van der Waals surface area contributed by atoms with Crippen LogP contribution >= 0.6 is 0 Å². The van der Waals surface area contributed by atoms with E-state index in [4.69, 9.17) is 0 Å². The fraction of sp³-hybridized carbons (Fsp3) is 1.00. The number of halogens is 2. The third kappa shape index (κ3) is 1.21. The van der Waals surface area contributed by atoms with Gasteiger partial charge < -0.3 is 5.32 Å². The molecule has 0 bridgehead atoms. The molecule has 0 aliphatic heterocycles. The predicted molar refractivity (Wildman–Crippen MR) is 31.6 cm³/mol. The average Bonchev–Trinajstić information content (AvgIpc) is 1.61. The van der Waals surface area contributed by atoms with Gasteiger partial charge in [-0.25, -0.2) is 8.78 Å². The third-order valence-corrected chi connectivity index (χ3v) is 1.90. The zero-order valence-electron chi connectivity index (χ0n) is 5.67. The van der Waals surface area contributed by atoms with Crippen molar-refractivity contribution in [1.29, 1.82) is 0 Å². The van der Waals surface area contributed by atoms with E-state index in [9.17, 15) is 8.78 Å². The lowest BCUT2D eigenvalue weighted by atomic mass is 9.75. The summed E-state index contributed by atoms with van der Waals surface area (Å²) < 4.78 is 24.4. The Morgan fingerprint density at radius 2 is 1.78 bits per heavy atom. The minimum atomic E-state index is -2.41. The van der Waals surface area contributed by atoms with Gasteiger partial charge in [0.2, 0.25) is 0 Å². The van der Waals surface area contributed by atoms with E-state index in [0.29, 0.717) is 0 Å². The number of nitrogens with one attached hydrogen (secondary N) is 1. The van der Waals surface area contributed by atoms with Crippen LogP contribution in [0.25, 0.3) is 0 Å². The van der Waals surface area contributed by atoms with Crippen LogP contribution in [0.5, 0.6) is 0 Å². The lowest BCUT2D eigenvalue weighted by Crippen LogP contribution is -2.57. The highest BCUT2D eigenvalue weighted by Gasteiger charge is 2.52. The minimum absolute atomic E-state index is 0.0174. The maximum atomic E-state index is 12.2. The van der Waals surface area contributed by atoms with Gasteiger partial charge in [0.25, 0.3) is 5.92 Å². The second-order valence-corrected chi connectivity index (χ2v) is 3.02. The van der Waals surface area contributed by atoms with Gasteiger partial charge in [0.05, 0.1) is 0 Å². The average molecular weight is 135 g/mol. The number of alkyl halides is 2. The van der Waals surface area contributed by atoms with Gasteiger partial charge in [-0.3, -0.25) is 0 Å². The van der Waals surface area contributed by atoms with Crippen molar-refractivity contribution in [2.75, 3.05) is 7.05 Å². The zero-order chi connectivity index (χ0) is 7.12. The van der Waals surface area contributed by atoms with Gasteiger partial charge >= 0.3 is 0 Å². The maximum Gasteiger partial charge on any atom is 0.251 e. The smallest absolute Gasteiger partial charge is 0.251 e. The number of hydrogen-bond donors (Lipinski definition) is 1. The minimum Gasteiger partial charge on any atom is -0.314 e. The van der Waals surface area contributed by atoms with Crippen LogP contribution in [0.2, 0.25) is 0 Å². The largest absolute Gasteiger partial charge is 0.314 e. The van der Waals surface area contributed by atoms with Crippen molar-refractivity contribution in [1.82, 2.24) is 5.32 Å². The summed E-state index contributed by atoms with van der Waals surface area (Å²) in [5.41, 5.74) is -0.302. The van der Waals surface area contributed by atoms with Crippen molar-refractivity contribution in [3.05, 3.63) is 0 Å². The Hall–Kier alpha value is -0.180. The topological polar surface area (TPSA) is 12.0 Å². The Morgan fingerprint density at radius 3 is 1.89 bits per heavy atom. The Morgan fingerprint density at radius 1 is 1.33 bits per heavy atom. The summed E-state index contributed by atoms with van der Waals surface area (Å²) in [7, 11) is 1.72. The molecule has 1 nitrogen and oxygen atoms in total. The maximum absolute atomic E-state index is 12.2. The van der Waals surface area contributed by atoms with Crippen LogP contribution in [-0.4, -0.2) is 18.5 Å². The first-order valence-corrected chi connectivity index (χ1v) is 3.04. The second-order valence-electron chi connectivity index (χ2n) is 3.02. The van der Waals surface area contributed by atoms with Crippen molar-refractivity contribution in [2.24, 2.45) is 0 Å². The number of hydrogen-bond acceptors (Lipinski definition) is 1. The highest BCUT2D eigenvalue weighted by Crippen LogP contribution is 2.44. The first-order valence-electron chi connectivity index (χ1n) is 3.04. The molecular formula is C6H11F2N. The van der Waals surface area contributed by atoms with Crippen LogP contribution in [0.15, 0.2) is 0 Å². The van der Waals surface area contributed by atoms with Crippen LogP contribution in [0.3, 0.4) is 0 Å². The molecule has 0 unspecified atom stereocenters. The van der Waals surface area contributed by atoms with Crippen molar-refractivity contribution in [2.45, 2.75) is 31.2 Å². The van der Waals surface area contributed by atoms with Crippen LogP contribution in [0.4, 0.5) is 8.78 Å². The van der Waals surface area contributed by atoms with Crippen LogP contribution in [0, 0.1) is 0 Å². The SMILES string of the molecule is CNC1(C)CC(F)(F)C1. The van der Waals surface area contributed by atoms with E-state index in [-0.39, 0.29) is 18.4 Å². The quantitative estimate of drug-likeness (QED) is 0.573. The molecule has 0 atom stereocenters. The lowest BCUT2D eigenvalue weighted by molar-refractivity contribution is -0.125. The zero-order valence-corrected chi connectivity index (χ0v) is 5.67. The fourth-order valence-corrected chi connectivity index (χ4v) is 1.27.